The summed E-state index contributed by atoms with van der Waals surface area (Å²) in [5.41, 5.74) is 3.54. The molecule has 0 radical (unpaired) electrons. The molecular formula is C16H25N3O6. The highest BCUT2D eigenvalue weighted by Crippen LogP contribution is 2.44. The quantitative estimate of drug-likeness (QED) is 0.311. The minimum atomic E-state index is -1.97. The fourth-order valence-corrected chi connectivity index (χ4v) is 2.85. The normalized spacial score (nSPS) is 20.3. The van der Waals surface area contributed by atoms with Gasteiger partial charge in [0.1, 0.15) is 0 Å². The molecule has 9 heteroatoms. The van der Waals surface area contributed by atoms with E-state index in [1.807, 2.05) is 0 Å². The van der Waals surface area contributed by atoms with Gasteiger partial charge < -0.3 is 26.2 Å². The number of esters is 1. The number of carboxylic acids is 1. The first-order valence-electron chi connectivity index (χ1n) is 8.37. The maximum atomic E-state index is 12.7. The molecule has 0 aromatic heterocycles. The zero-order valence-electron chi connectivity index (χ0n) is 14.4. The summed E-state index contributed by atoms with van der Waals surface area (Å²) < 4.78 is 4.66. The molecule has 140 valence electrons. The van der Waals surface area contributed by atoms with Gasteiger partial charge in [-0.2, -0.15) is 0 Å². The lowest BCUT2D eigenvalue weighted by molar-refractivity contribution is -0.156. The van der Waals surface area contributed by atoms with E-state index >= 15 is 0 Å². The van der Waals surface area contributed by atoms with Crippen molar-refractivity contribution in [3.8, 4) is 0 Å². The average Bonchev–Trinajstić information content (AvgIpc) is 3.43. The Hall–Kier alpha value is -2.16. The Kier molecular flexibility index (Phi) is 5.66. The number of hydrogen-bond acceptors (Lipinski definition) is 6. The molecule has 0 saturated heterocycles. The molecule has 9 nitrogen and oxygen atoms in total. The van der Waals surface area contributed by atoms with Crippen LogP contribution in [0.5, 0.6) is 0 Å². The van der Waals surface area contributed by atoms with Crippen molar-refractivity contribution in [2.45, 2.75) is 56.7 Å². The Morgan fingerprint density at radius 3 is 2.12 bits per heavy atom. The smallest absolute Gasteiger partial charge is 0.341 e. The zero-order valence-corrected chi connectivity index (χ0v) is 14.4. The molecule has 0 aliphatic heterocycles. The molecule has 0 unspecified atom stereocenters. The molecule has 0 spiro atoms. The molecule has 2 aliphatic carbocycles. The number of amides is 2. The molecule has 2 rings (SSSR count). The van der Waals surface area contributed by atoms with Crippen LogP contribution in [0, 0.1) is 11.8 Å². The summed E-state index contributed by atoms with van der Waals surface area (Å²) >= 11 is 0. The number of rotatable bonds is 9. The third-order valence-electron chi connectivity index (χ3n) is 4.71. The van der Waals surface area contributed by atoms with E-state index in [-0.39, 0.29) is 6.04 Å². The van der Waals surface area contributed by atoms with E-state index in [4.69, 9.17) is 10.8 Å². The van der Waals surface area contributed by atoms with Gasteiger partial charge in [0.15, 0.2) is 0 Å². The largest absolute Gasteiger partial charge is 0.481 e. The number of aliphatic carboxylic acids is 1. The van der Waals surface area contributed by atoms with Gasteiger partial charge in [0.05, 0.1) is 19.6 Å². The standard InChI is InChI=1S/C16H25N3O6/c1-16(15(24)25-2,19-13(22)10(17)7-11(20)21)14(23)18-12(8-3-4-8)9-5-6-9/h8-10,12H,3-7,17H2,1-2H3,(H,18,23)(H,19,22)(H,20,21)/t10-,16-/m0/s1. The van der Waals surface area contributed by atoms with Gasteiger partial charge in [0, 0.05) is 6.04 Å². The number of ether oxygens (including phenoxy) is 1. The summed E-state index contributed by atoms with van der Waals surface area (Å²) in [7, 11) is 1.11. The van der Waals surface area contributed by atoms with E-state index in [2.05, 4.69) is 15.4 Å². The fourth-order valence-electron chi connectivity index (χ4n) is 2.85. The van der Waals surface area contributed by atoms with Crippen molar-refractivity contribution < 1.29 is 29.0 Å². The van der Waals surface area contributed by atoms with Crippen molar-refractivity contribution in [1.82, 2.24) is 10.6 Å². The lowest BCUT2D eigenvalue weighted by Gasteiger charge is -2.30. The summed E-state index contributed by atoms with van der Waals surface area (Å²) in [5, 5.41) is 13.8. The minimum Gasteiger partial charge on any atom is -0.481 e. The molecule has 5 N–H and O–H groups in total. The second-order valence-corrected chi connectivity index (χ2v) is 6.98. The van der Waals surface area contributed by atoms with Gasteiger partial charge in [0.2, 0.25) is 11.4 Å². The van der Waals surface area contributed by atoms with Gasteiger partial charge in [-0.05, 0) is 44.4 Å². The molecule has 25 heavy (non-hydrogen) atoms. The summed E-state index contributed by atoms with van der Waals surface area (Å²) in [6, 6.07) is -1.39. The Morgan fingerprint density at radius 1 is 1.20 bits per heavy atom. The van der Waals surface area contributed by atoms with E-state index in [1.54, 1.807) is 0 Å². The van der Waals surface area contributed by atoms with E-state index in [1.165, 1.54) is 6.92 Å². The van der Waals surface area contributed by atoms with Crippen LogP contribution in [-0.4, -0.2) is 53.6 Å². The van der Waals surface area contributed by atoms with Gasteiger partial charge in [-0.3, -0.25) is 14.4 Å². The predicted molar refractivity (Wildman–Crippen MR) is 86.2 cm³/mol. The summed E-state index contributed by atoms with van der Waals surface area (Å²) in [6.45, 7) is 1.23. The van der Waals surface area contributed by atoms with E-state index in [9.17, 15) is 19.2 Å². The minimum absolute atomic E-state index is 0.0129. The Labute approximate surface area is 145 Å². The third-order valence-corrected chi connectivity index (χ3v) is 4.71. The van der Waals surface area contributed by atoms with Gasteiger partial charge in [-0.1, -0.05) is 0 Å². The number of carbonyl (C=O) groups is 4. The van der Waals surface area contributed by atoms with Crippen molar-refractivity contribution in [1.29, 1.82) is 0 Å². The monoisotopic (exact) mass is 355 g/mol. The number of methoxy groups -OCH3 is 1. The number of nitrogens with two attached hydrogens (primary N) is 1. The van der Waals surface area contributed by atoms with Crippen LogP contribution in [0.3, 0.4) is 0 Å². The number of nitrogens with one attached hydrogen (secondary N) is 2. The van der Waals surface area contributed by atoms with Crippen molar-refractivity contribution in [3.05, 3.63) is 0 Å². The van der Waals surface area contributed by atoms with Gasteiger partial charge in [-0.15, -0.1) is 0 Å². The highest BCUT2D eigenvalue weighted by Gasteiger charge is 2.49. The summed E-state index contributed by atoms with van der Waals surface area (Å²) in [5.74, 6) is -2.95. The first-order chi connectivity index (χ1) is 11.7. The number of carbonyl (C=O) groups excluding carboxylic acids is 3. The van der Waals surface area contributed by atoms with Crippen molar-refractivity contribution in [2.24, 2.45) is 17.6 Å². The summed E-state index contributed by atoms with van der Waals surface area (Å²) in [4.78, 5) is 47.7. The Morgan fingerprint density at radius 2 is 1.72 bits per heavy atom. The van der Waals surface area contributed by atoms with Crippen LogP contribution in [0.1, 0.15) is 39.0 Å². The van der Waals surface area contributed by atoms with Crippen LogP contribution in [0.25, 0.3) is 0 Å². The van der Waals surface area contributed by atoms with Gasteiger partial charge in [-0.25, -0.2) is 4.79 Å². The second-order valence-electron chi connectivity index (χ2n) is 6.98. The van der Waals surface area contributed by atoms with Crippen molar-refractivity contribution in [2.75, 3.05) is 7.11 Å². The first kappa shape index (κ1) is 19.2. The van der Waals surface area contributed by atoms with Crippen LogP contribution in [0.2, 0.25) is 0 Å². The topological polar surface area (TPSA) is 148 Å². The number of carboxylic acid groups (broad SMARTS) is 1. The number of hydrogen-bond donors (Lipinski definition) is 4. The molecular weight excluding hydrogens is 330 g/mol. The average molecular weight is 355 g/mol. The van der Waals surface area contributed by atoms with Crippen LogP contribution in [0.15, 0.2) is 0 Å². The molecule has 2 fully saturated rings. The van der Waals surface area contributed by atoms with Crippen LogP contribution in [-0.2, 0) is 23.9 Å². The van der Waals surface area contributed by atoms with E-state index in [0.717, 1.165) is 32.8 Å². The second kappa shape index (κ2) is 7.38. The summed E-state index contributed by atoms with van der Waals surface area (Å²) in [6.07, 6.45) is 3.52. The molecule has 2 aliphatic rings. The molecule has 2 saturated carbocycles. The van der Waals surface area contributed by atoms with Crippen molar-refractivity contribution >= 4 is 23.8 Å². The zero-order chi connectivity index (χ0) is 18.8. The Bertz CT molecular complexity index is 560. The molecule has 0 heterocycles. The van der Waals surface area contributed by atoms with E-state index < -0.39 is 41.8 Å². The van der Waals surface area contributed by atoms with Crippen molar-refractivity contribution in [3.63, 3.8) is 0 Å². The van der Waals surface area contributed by atoms with Gasteiger partial charge in [0.25, 0.3) is 5.91 Å². The van der Waals surface area contributed by atoms with Gasteiger partial charge >= 0.3 is 11.9 Å². The highest BCUT2D eigenvalue weighted by atomic mass is 16.5. The fraction of sp³-hybridized carbons (Fsp3) is 0.750. The molecule has 2 atom stereocenters. The highest BCUT2D eigenvalue weighted by molar-refractivity contribution is 6.10. The maximum absolute atomic E-state index is 12.7. The SMILES string of the molecule is COC(=O)[C@@](C)(NC(=O)[C@@H](N)CC(=O)O)C(=O)NC(C1CC1)C1CC1. The third kappa shape index (κ3) is 4.68. The Balaban J connectivity index is 2.09. The first-order valence-corrected chi connectivity index (χ1v) is 8.37. The molecule has 0 aromatic carbocycles. The predicted octanol–water partition coefficient (Wildman–Crippen LogP) is -0.859. The lowest BCUT2D eigenvalue weighted by Crippen LogP contribution is -2.65. The maximum Gasteiger partial charge on any atom is 0.341 e. The van der Waals surface area contributed by atoms with Crippen LogP contribution in [0.4, 0.5) is 0 Å². The van der Waals surface area contributed by atoms with Crippen LogP contribution < -0.4 is 16.4 Å². The van der Waals surface area contributed by atoms with E-state index in [0.29, 0.717) is 11.8 Å². The lowest BCUT2D eigenvalue weighted by atomic mass is 9.98. The molecule has 0 bridgehead atoms. The molecule has 0 aromatic rings. The molecule has 2 amide bonds. The van der Waals surface area contributed by atoms with Crippen LogP contribution >= 0.6 is 0 Å².